The van der Waals surface area contributed by atoms with Crippen LogP contribution in [0, 0.1) is 0 Å². The fraction of sp³-hybridized carbons (Fsp3) is 0. The summed E-state index contributed by atoms with van der Waals surface area (Å²) >= 11 is 1.81. The van der Waals surface area contributed by atoms with Gasteiger partial charge in [-0.05, 0) is 75.1 Å². The molecule has 4 nitrogen and oxygen atoms in total. The van der Waals surface area contributed by atoms with E-state index in [0.717, 1.165) is 22.4 Å². The third-order valence-corrected chi connectivity index (χ3v) is 12.6. The maximum absolute atomic E-state index is 5.11. The van der Waals surface area contributed by atoms with E-state index < -0.39 is 0 Å². The first kappa shape index (κ1) is 32.7. The second-order valence-corrected chi connectivity index (χ2v) is 15.8. The molecule has 0 bridgehead atoms. The van der Waals surface area contributed by atoms with E-state index in [-0.39, 0.29) is 0 Å². The van der Waals surface area contributed by atoms with Crippen molar-refractivity contribution in [3.05, 3.63) is 194 Å². The molecule has 0 aliphatic carbocycles. The van der Waals surface area contributed by atoms with Crippen molar-refractivity contribution < 1.29 is 0 Å². The highest BCUT2D eigenvalue weighted by atomic mass is 32.1. The Hall–Kier alpha value is -7.47. The van der Waals surface area contributed by atoms with E-state index in [1.807, 2.05) is 47.7 Å². The van der Waals surface area contributed by atoms with Crippen LogP contribution < -0.4 is 0 Å². The van der Waals surface area contributed by atoms with Crippen molar-refractivity contribution in [2.24, 2.45) is 0 Å². The Labute approximate surface area is 338 Å². The standard InChI is InChI=1S/C53H32N4S/c1-3-14-34(15-4-1)51-54-52(35-16-5-2-6-17-35)56-53(55-51)43-24-13-23-42-49-41-22-10-9-20-39(41)44(32-48(49)58-50(42)43)33-26-28-38(29-27-33)57-46-25-12-11-21-40(46)45-30-36-18-7-8-19-37(36)31-47(45)57/h1-32H. The Kier molecular flexibility index (Phi) is 7.37. The van der Waals surface area contributed by atoms with Crippen molar-refractivity contribution >= 4 is 74.9 Å². The van der Waals surface area contributed by atoms with Crippen LogP contribution in [0.25, 0.3) is 115 Å². The highest BCUT2D eigenvalue weighted by Gasteiger charge is 2.20. The van der Waals surface area contributed by atoms with Gasteiger partial charge in [-0.15, -0.1) is 11.3 Å². The summed E-state index contributed by atoms with van der Waals surface area (Å²) in [5.41, 5.74) is 8.88. The molecule has 0 aliphatic heterocycles. The molecule has 0 fully saturated rings. The van der Waals surface area contributed by atoms with Crippen LogP contribution in [0.3, 0.4) is 0 Å². The van der Waals surface area contributed by atoms with Gasteiger partial charge in [0.15, 0.2) is 17.5 Å². The van der Waals surface area contributed by atoms with Gasteiger partial charge in [-0.1, -0.05) is 152 Å². The number of aromatic nitrogens is 4. The highest BCUT2D eigenvalue weighted by molar-refractivity contribution is 7.26. The van der Waals surface area contributed by atoms with Crippen LogP contribution in [0.1, 0.15) is 0 Å². The molecule has 12 rings (SSSR count). The Morgan fingerprint density at radius 3 is 1.67 bits per heavy atom. The van der Waals surface area contributed by atoms with Gasteiger partial charge in [0.25, 0.3) is 0 Å². The largest absolute Gasteiger partial charge is 0.309 e. The van der Waals surface area contributed by atoms with E-state index in [4.69, 9.17) is 15.0 Å². The average molecular weight is 757 g/mol. The molecule has 270 valence electrons. The normalized spacial score (nSPS) is 11.8. The molecule has 0 saturated carbocycles. The van der Waals surface area contributed by atoms with Crippen molar-refractivity contribution in [3.8, 4) is 51.0 Å². The van der Waals surface area contributed by atoms with Gasteiger partial charge in [0, 0.05) is 53.3 Å². The lowest BCUT2D eigenvalue weighted by molar-refractivity contribution is 1.08. The quantitative estimate of drug-likeness (QED) is 0.176. The van der Waals surface area contributed by atoms with E-state index in [0.29, 0.717) is 17.5 Å². The minimum atomic E-state index is 0.660. The molecule has 0 aliphatic rings. The van der Waals surface area contributed by atoms with E-state index in [1.165, 1.54) is 74.6 Å². The third kappa shape index (κ3) is 5.18. The van der Waals surface area contributed by atoms with Gasteiger partial charge in [-0.25, -0.2) is 15.0 Å². The summed E-state index contributed by atoms with van der Waals surface area (Å²) in [5, 5.41) is 9.96. The molecule has 0 N–H and O–H groups in total. The van der Waals surface area contributed by atoms with E-state index in [2.05, 4.69) is 162 Å². The maximum atomic E-state index is 5.11. The van der Waals surface area contributed by atoms with Crippen molar-refractivity contribution in [2.75, 3.05) is 0 Å². The van der Waals surface area contributed by atoms with Gasteiger partial charge in [-0.3, -0.25) is 0 Å². The Morgan fingerprint density at radius 2 is 0.948 bits per heavy atom. The molecule has 58 heavy (non-hydrogen) atoms. The Morgan fingerprint density at radius 1 is 0.362 bits per heavy atom. The van der Waals surface area contributed by atoms with Crippen molar-refractivity contribution in [3.63, 3.8) is 0 Å². The van der Waals surface area contributed by atoms with Crippen molar-refractivity contribution in [1.82, 2.24) is 19.5 Å². The van der Waals surface area contributed by atoms with Crippen LogP contribution in [0.15, 0.2) is 194 Å². The van der Waals surface area contributed by atoms with Gasteiger partial charge < -0.3 is 4.57 Å². The fourth-order valence-corrected chi connectivity index (χ4v) is 10.00. The summed E-state index contributed by atoms with van der Waals surface area (Å²) in [5.74, 6) is 1.99. The zero-order chi connectivity index (χ0) is 38.2. The van der Waals surface area contributed by atoms with Gasteiger partial charge >= 0.3 is 0 Å². The Balaban J connectivity index is 1.02. The van der Waals surface area contributed by atoms with Crippen molar-refractivity contribution in [2.45, 2.75) is 0 Å². The number of hydrogen-bond acceptors (Lipinski definition) is 4. The first-order chi connectivity index (χ1) is 28.7. The number of para-hydroxylation sites is 1. The van der Waals surface area contributed by atoms with Crippen molar-refractivity contribution in [1.29, 1.82) is 0 Å². The molecule has 0 amide bonds. The summed E-state index contributed by atoms with van der Waals surface area (Å²) in [6.07, 6.45) is 0. The minimum absolute atomic E-state index is 0.660. The zero-order valence-electron chi connectivity index (χ0n) is 31.2. The number of benzene rings is 9. The van der Waals surface area contributed by atoms with Crippen LogP contribution >= 0.6 is 11.3 Å². The van der Waals surface area contributed by atoms with Gasteiger partial charge in [0.2, 0.25) is 0 Å². The topological polar surface area (TPSA) is 43.6 Å². The SMILES string of the molecule is c1ccc(-c2nc(-c3ccccc3)nc(-c3cccc4c3sc3cc(-c5ccc(-n6c7ccccc7c7cc8ccccc8cc76)cc5)c5ccccc5c34)n2)cc1. The van der Waals surface area contributed by atoms with Gasteiger partial charge in [-0.2, -0.15) is 0 Å². The smallest absolute Gasteiger partial charge is 0.165 e. The number of thiophene rings is 1. The summed E-state index contributed by atoms with van der Waals surface area (Å²) in [4.78, 5) is 15.2. The lowest BCUT2D eigenvalue weighted by Gasteiger charge is -2.12. The molecular formula is C53H32N4S. The molecule has 9 aromatic carbocycles. The third-order valence-electron chi connectivity index (χ3n) is 11.4. The minimum Gasteiger partial charge on any atom is -0.309 e. The monoisotopic (exact) mass is 756 g/mol. The average Bonchev–Trinajstić information content (AvgIpc) is 3.84. The first-order valence-electron chi connectivity index (χ1n) is 19.5. The van der Waals surface area contributed by atoms with Crippen LogP contribution in [0.2, 0.25) is 0 Å². The molecular weight excluding hydrogens is 725 g/mol. The van der Waals surface area contributed by atoms with E-state index in [1.54, 1.807) is 0 Å². The molecule has 0 spiro atoms. The van der Waals surface area contributed by atoms with E-state index in [9.17, 15) is 0 Å². The maximum Gasteiger partial charge on any atom is 0.165 e. The Bertz CT molecular complexity index is 3490. The van der Waals surface area contributed by atoms with E-state index >= 15 is 0 Å². The van der Waals surface area contributed by atoms with Crippen LogP contribution in [0.5, 0.6) is 0 Å². The molecule has 3 aromatic heterocycles. The molecule has 12 aromatic rings. The number of hydrogen-bond donors (Lipinski definition) is 0. The van der Waals surface area contributed by atoms with Gasteiger partial charge in [0.05, 0.1) is 11.0 Å². The second-order valence-electron chi connectivity index (χ2n) is 14.8. The zero-order valence-corrected chi connectivity index (χ0v) is 32.0. The molecule has 0 radical (unpaired) electrons. The van der Waals surface area contributed by atoms with Gasteiger partial charge in [0.1, 0.15) is 0 Å². The van der Waals surface area contributed by atoms with Crippen LogP contribution in [0.4, 0.5) is 0 Å². The molecule has 5 heteroatoms. The van der Waals surface area contributed by atoms with Crippen LogP contribution in [-0.4, -0.2) is 19.5 Å². The predicted octanol–water partition coefficient (Wildman–Crippen LogP) is 14.3. The molecule has 0 unspecified atom stereocenters. The van der Waals surface area contributed by atoms with Crippen LogP contribution in [-0.2, 0) is 0 Å². The second kappa shape index (κ2) is 13.1. The lowest BCUT2D eigenvalue weighted by atomic mass is 9.94. The number of rotatable bonds is 5. The molecule has 3 heterocycles. The lowest BCUT2D eigenvalue weighted by Crippen LogP contribution is -2.00. The summed E-state index contributed by atoms with van der Waals surface area (Å²) in [7, 11) is 0. The fourth-order valence-electron chi connectivity index (χ4n) is 8.73. The predicted molar refractivity (Wildman–Crippen MR) is 244 cm³/mol. The summed E-state index contributed by atoms with van der Waals surface area (Å²) < 4.78 is 4.80. The highest BCUT2D eigenvalue weighted by Crippen LogP contribution is 2.46. The number of nitrogens with zero attached hydrogens (tertiary/aromatic N) is 4. The summed E-state index contributed by atoms with van der Waals surface area (Å²) in [6.45, 7) is 0. The number of fused-ring (bicyclic) bond motifs is 9. The molecule has 0 atom stereocenters. The first-order valence-corrected chi connectivity index (χ1v) is 20.3. The molecule has 0 saturated heterocycles. The summed E-state index contributed by atoms with van der Waals surface area (Å²) in [6, 6.07) is 69.2.